The number of anilines is 2. The molecule has 0 aromatic heterocycles. The molecule has 0 amide bonds. The van der Waals surface area contributed by atoms with Crippen LogP contribution in [-0.2, 0) is 0 Å². The SMILES string of the molecule is CCN(C=Cc1ccccc1)c1cccc(N)c1. The van der Waals surface area contributed by atoms with E-state index in [-0.39, 0.29) is 0 Å². The quantitative estimate of drug-likeness (QED) is 0.822. The average molecular weight is 238 g/mol. The Hall–Kier alpha value is -2.22. The predicted octanol–water partition coefficient (Wildman–Crippen LogP) is 3.77. The van der Waals surface area contributed by atoms with Crippen molar-refractivity contribution in [1.82, 2.24) is 0 Å². The van der Waals surface area contributed by atoms with E-state index in [1.807, 2.05) is 36.4 Å². The van der Waals surface area contributed by atoms with E-state index in [1.54, 1.807) is 0 Å². The van der Waals surface area contributed by atoms with E-state index in [9.17, 15) is 0 Å². The largest absolute Gasteiger partial charge is 0.399 e. The van der Waals surface area contributed by atoms with Crippen molar-refractivity contribution in [3.8, 4) is 0 Å². The standard InChI is InChI=1S/C16H18N2/c1-2-18(16-10-6-9-15(17)13-16)12-11-14-7-4-3-5-8-14/h3-13H,2,17H2,1H3. The van der Waals surface area contributed by atoms with E-state index in [0.717, 1.165) is 17.9 Å². The molecule has 0 radical (unpaired) electrons. The van der Waals surface area contributed by atoms with Crippen LogP contribution in [0.3, 0.4) is 0 Å². The molecule has 0 atom stereocenters. The van der Waals surface area contributed by atoms with Crippen molar-refractivity contribution in [2.45, 2.75) is 6.92 Å². The highest BCUT2D eigenvalue weighted by Gasteiger charge is 2.00. The van der Waals surface area contributed by atoms with Crippen molar-refractivity contribution >= 4 is 17.5 Å². The fraction of sp³-hybridized carbons (Fsp3) is 0.125. The maximum absolute atomic E-state index is 5.81. The van der Waals surface area contributed by atoms with E-state index in [0.29, 0.717) is 0 Å². The third kappa shape index (κ3) is 3.14. The molecule has 0 bridgehead atoms. The van der Waals surface area contributed by atoms with E-state index >= 15 is 0 Å². The summed E-state index contributed by atoms with van der Waals surface area (Å²) in [5, 5.41) is 0. The molecule has 0 saturated heterocycles. The second-order valence-corrected chi connectivity index (χ2v) is 4.11. The molecule has 0 aliphatic carbocycles. The summed E-state index contributed by atoms with van der Waals surface area (Å²) in [5.41, 5.74) is 8.91. The number of nitrogens with two attached hydrogens (primary N) is 1. The molecule has 2 aromatic rings. The smallest absolute Gasteiger partial charge is 0.0426 e. The first-order valence-electron chi connectivity index (χ1n) is 6.15. The second-order valence-electron chi connectivity index (χ2n) is 4.11. The topological polar surface area (TPSA) is 29.3 Å². The summed E-state index contributed by atoms with van der Waals surface area (Å²) >= 11 is 0. The van der Waals surface area contributed by atoms with Gasteiger partial charge in [0.2, 0.25) is 0 Å². The van der Waals surface area contributed by atoms with Gasteiger partial charge in [0.15, 0.2) is 0 Å². The minimum Gasteiger partial charge on any atom is -0.399 e. The number of rotatable bonds is 4. The molecule has 0 unspecified atom stereocenters. The molecule has 0 heterocycles. The molecule has 0 aliphatic rings. The van der Waals surface area contributed by atoms with Crippen LogP contribution in [0.25, 0.3) is 6.08 Å². The Bertz CT molecular complexity index is 518. The van der Waals surface area contributed by atoms with Crippen molar-refractivity contribution < 1.29 is 0 Å². The predicted molar refractivity (Wildman–Crippen MR) is 79.4 cm³/mol. The van der Waals surface area contributed by atoms with E-state index in [2.05, 4.69) is 42.3 Å². The van der Waals surface area contributed by atoms with Crippen molar-refractivity contribution in [2.24, 2.45) is 0 Å². The molecule has 0 aliphatic heterocycles. The van der Waals surface area contributed by atoms with Crippen LogP contribution in [0.4, 0.5) is 11.4 Å². The highest BCUT2D eigenvalue weighted by molar-refractivity contribution is 5.61. The molecular weight excluding hydrogens is 220 g/mol. The Morgan fingerprint density at radius 3 is 2.50 bits per heavy atom. The summed E-state index contributed by atoms with van der Waals surface area (Å²) in [6.45, 7) is 3.03. The van der Waals surface area contributed by atoms with Gasteiger partial charge in [0.1, 0.15) is 0 Å². The minimum atomic E-state index is 0.791. The van der Waals surface area contributed by atoms with Gasteiger partial charge in [-0.1, -0.05) is 36.4 Å². The first-order chi connectivity index (χ1) is 8.79. The number of hydrogen-bond donors (Lipinski definition) is 1. The van der Waals surface area contributed by atoms with Crippen LogP contribution in [0.15, 0.2) is 60.8 Å². The van der Waals surface area contributed by atoms with Gasteiger partial charge in [0.25, 0.3) is 0 Å². The lowest BCUT2D eigenvalue weighted by Gasteiger charge is -2.18. The van der Waals surface area contributed by atoms with Crippen molar-refractivity contribution in [3.05, 3.63) is 66.4 Å². The molecule has 2 rings (SSSR count). The number of hydrogen-bond acceptors (Lipinski definition) is 2. The molecule has 2 aromatic carbocycles. The molecule has 2 nitrogen and oxygen atoms in total. The summed E-state index contributed by atoms with van der Waals surface area (Å²) < 4.78 is 0. The molecule has 0 fully saturated rings. The van der Waals surface area contributed by atoms with E-state index in [1.165, 1.54) is 5.56 Å². The van der Waals surface area contributed by atoms with Crippen molar-refractivity contribution in [2.75, 3.05) is 17.2 Å². The zero-order valence-electron chi connectivity index (χ0n) is 10.6. The molecule has 2 heteroatoms. The Morgan fingerprint density at radius 2 is 1.83 bits per heavy atom. The Kier molecular flexibility index (Phi) is 4.02. The molecule has 2 N–H and O–H groups in total. The van der Waals surface area contributed by atoms with Crippen LogP contribution in [0.1, 0.15) is 12.5 Å². The van der Waals surface area contributed by atoms with E-state index in [4.69, 9.17) is 5.73 Å². The third-order valence-corrected chi connectivity index (χ3v) is 2.79. The molecular formula is C16H18N2. The fourth-order valence-corrected chi connectivity index (χ4v) is 1.82. The number of nitrogens with zero attached hydrogens (tertiary/aromatic N) is 1. The second kappa shape index (κ2) is 5.92. The van der Waals surface area contributed by atoms with Gasteiger partial charge in [0, 0.05) is 24.1 Å². The number of benzene rings is 2. The van der Waals surface area contributed by atoms with Gasteiger partial charge in [-0.3, -0.25) is 0 Å². The van der Waals surface area contributed by atoms with Crippen LogP contribution < -0.4 is 10.6 Å². The van der Waals surface area contributed by atoms with Gasteiger partial charge in [-0.25, -0.2) is 0 Å². The van der Waals surface area contributed by atoms with Crippen molar-refractivity contribution in [3.63, 3.8) is 0 Å². The fourth-order valence-electron chi connectivity index (χ4n) is 1.82. The van der Waals surface area contributed by atoms with Gasteiger partial charge >= 0.3 is 0 Å². The summed E-state index contributed by atoms with van der Waals surface area (Å²) in [4.78, 5) is 2.17. The molecule has 92 valence electrons. The van der Waals surface area contributed by atoms with Gasteiger partial charge in [0.05, 0.1) is 0 Å². The lowest BCUT2D eigenvalue weighted by atomic mass is 10.2. The van der Waals surface area contributed by atoms with Gasteiger partial charge < -0.3 is 10.6 Å². The van der Waals surface area contributed by atoms with Crippen LogP contribution in [0.2, 0.25) is 0 Å². The minimum absolute atomic E-state index is 0.791. The summed E-state index contributed by atoms with van der Waals surface area (Å²) in [6.07, 6.45) is 4.19. The van der Waals surface area contributed by atoms with Crippen LogP contribution >= 0.6 is 0 Å². The average Bonchev–Trinajstić information content (AvgIpc) is 2.41. The Labute approximate surface area is 108 Å². The normalized spacial score (nSPS) is 10.7. The zero-order valence-corrected chi connectivity index (χ0v) is 10.6. The summed E-state index contributed by atoms with van der Waals surface area (Å²) in [6, 6.07) is 18.2. The lowest BCUT2D eigenvalue weighted by Crippen LogP contribution is -2.14. The maximum Gasteiger partial charge on any atom is 0.0426 e. The van der Waals surface area contributed by atoms with Crippen molar-refractivity contribution in [1.29, 1.82) is 0 Å². The molecule has 0 spiro atoms. The zero-order chi connectivity index (χ0) is 12.8. The van der Waals surface area contributed by atoms with Gasteiger partial charge in [-0.2, -0.15) is 0 Å². The highest BCUT2D eigenvalue weighted by atomic mass is 15.1. The molecule has 0 saturated carbocycles. The molecule has 18 heavy (non-hydrogen) atoms. The Morgan fingerprint density at radius 1 is 1.06 bits per heavy atom. The third-order valence-electron chi connectivity index (χ3n) is 2.79. The van der Waals surface area contributed by atoms with Crippen LogP contribution in [0.5, 0.6) is 0 Å². The first-order valence-corrected chi connectivity index (χ1v) is 6.15. The van der Waals surface area contributed by atoms with Gasteiger partial charge in [-0.15, -0.1) is 0 Å². The highest BCUT2D eigenvalue weighted by Crippen LogP contribution is 2.18. The first kappa shape index (κ1) is 12.2. The van der Waals surface area contributed by atoms with E-state index < -0.39 is 0 Å². The lowest BCUT2D eigenvalue weighted by molar-refractivity contribution is 1.02. The van der Waals surface area contributed by atoms with Crippen LogP contribution in [0, 0.1) is 0 Å². The van der Waals surface area contributed by atoms with Crippen LogP contribution in [-0.4, -0.2) is 6.54 Å². The summed E-state index contributed by atoms with van der Waals surface area (Å²) in [5.74, 6) is 0. The number of nitrogen functional groups attached to an aromatic ring is 1. The van der Waals surface area contributed by atoms with Gasteiger partial charge in [-0.05, 0) is 36.8 Å². The maximum atomic E-state index is 5.81. The monoisotopic (exact) mass is 238 g/mol. The summed E-state index contributed by atoms with van der Waals surface area (Å²) in [7, 11) is 0. The Balaban J connectivity index is 2.17.